The maximum Gasteiger partial charge on any atom is 0.319 e. The van der Waals surface area contributed by atoms with Crippen molar-refractivity contribution in [1.82, 2.24) is 5.32 Å². The lowest BCUT2D eigenvalue weighted by molar-refractivity contribution is 0.251. The molecule has 0 unspecified atom stereocenters. The zero-order chi connectivity index (χ0) is 15.1. The van der Waals surface area contributed by atoms with Gasteiger partial charge < -0.3 is 15.4 Å². The molecule has 2 aromatic rings. The predicted molar refractivity (Wildman–Crippen MR) is 87.1 cm³/mol. The number of urea groups is 1. The van der Waals surface area contributed by atoms with Gasteiger partial charge in [-0.2, -0.15) is 0 Å². The van der Waals surface area contributed by atoms with Crippen molar-refractivity contribution >= 4 is 23.5 Å². The average Bonchev–Trinajstić information content (AvgIpc) is 2.54. The molecule has 0 atom stereocenters. The standard InChI is InChI=1S/C16H18N2O2S/c1-20-14-5-3-4-12(10-14)11-17-16(19)18-13-6-8-15(21-2)9-7-13/h3-10H,11H2,1-2H3,(H2,17,18,19). The molecule has 2 rings (SSSR count). The fourth-order valence-electron chi connectivity index (χ4n) is 1.81. The van der Waals surface area contributed by atoms with Crippen molar-refractivity contribution in [2.75, 3.05) is 18.7 Å². The van der Waals surface area contributed by atoms with E-state index in [0.717, 1.165) is 21.9 Å². The summed E-state index contributed by atoms with van der Waals surface area (Å²) in [6.45, 7) is 0.450. The summed E-state index contributed by atoms with van der Waals surface area (Å²) in [5.41, 5.74) is 1.76. The van der Waals surface area contributed by atoms with Gasteiger partial charge in [-0.3, -0.25) is 0 Å². The third kappa shape index (κ3) is 4.72. The van der Waals surface area contributed by atoms with Gasteiger partial charge >= 0.3 is 6.03 Å². The van der Waals surface area contributed by atoms with Crippen LogP contribution in [0.1, 0.15) is 5.56 Å². The molecule has 0 fully saturated rings. The van der Waals surface area contributed by atoms with Crippen LogP contribution in [0.25, 0.3) is 0 Å². The highest BCUT2D eigenvalue weighted by atomic mass is 32.2. The fraction of sp³-hybridized carbons (Fsp3) is 0.188. The molecular weight excluding hydrogens is 284 g/mol. The van der Waals surface area contributed by atoms with Crippen molar-refractivity contribution in [1.29, 1.82) is 0 Å². The van der Waals surface area contributed by atoms with Crippen molar-refractivity contribution in [3.05, 3.63) is 54.1 Å². The summed E-state index contributed by atoms with van der Waals surface area (Å²) in [6.07, 6.45) is 2.02. The molecule has 2 amide bonds. The number of amides is 2. The molecule has 0 aliphatic rings. The Morgan fingerprint density at radius 1 is 1.19 bits per heavy atom. The number of nitrogens with one attached hydrogen (secondary N) is 2. The minimum Gasteiger partial charge on any atom is -0.497 e. The van der Waals surface area contributed by atoms with Crippen molar-refractivity contribution in [3.63, 3.8) is 0 Å². The zero-order valence-corrected chi connectivity index (χ0v) is 12.9. The summed E-state index contributed by atoms with van der Waals surface area (Å²) in [4.78, 5) is 13.0. The van der Waals surface area contributed by atoms with Crippen molar-refractivity contribution in [2.45, 2.75) is 11.4 Å². The molecule has 0 heterocycles. The van der Waals surface area contributed by atoms with E-state index in [1.807, 2.05) is 54.8 Å². The van der Waals surface area contributed by atoms with Crippen LogP contribution >= 0.6 is 11.8 Å². The van der Waals surface area contributed by atoms with E-state index < -0.39 is 0 Å². The Bertz CT molecular complexity index is 599. The smallest absolute Gasteiger partial charge is 0.319 e. The van der Waals surface area contributed by atoms with Gasteiger partial charge in [0.05, 0.1) is 7.11 Å². The Hall–Kier alpha value is -2.14. The number of carbonyl (C=O) groups excluding carboxylic acids is 1. The molecule has 21 heavy (non-hydrogen) atoms. The highest BCUT2D eigenvalue weighted by molar-refractivity contribution is 7.98. The van der Waals surface area contributed by atoms with Gasteiger partial charge in [0.1, 0.15) is 5.75 Å². The molecule has 0 radical (unpaired) electrons. The summed E-state index contributed by atoms with van der Waals surface area (Å²) in [6, 6.07) is 15.1. The number of hydrogen-bond acceptors (Lipinski definition) is 3. The van der Waals surface area contributed by atoms with Crippen LogP contribution in [0.4, 0.5) is 10.5 Å². The molecule has 2 aromatic carbocycles. The van der Waals surface area contributed by atoms with E-state index in [-0.39, 0.29) is 6.03 Å². The first-order valence-corrected chi connectivity index (χ1v) is 7.75. The molecule has 0 bridgehead atoms. The third-order valence-corrected chi connectivity index (χ3v) is 3.68. The minimum absolute atomic E-state index is 0.227. The second-order valence-electron chi connectivity index (χ2n) is 4.39. The van der Waals surface area contributed by atoms with Gasteiger partial charge in [0.25, 0.3) is 0 Å². The van der Waals surface area contributed by atoms with Gasteiger partial charge in [-0.1, -0.05) is 12.1 Å². The maximum atomic E-state index is 11.8. The zero-order valence-electron chi connectivity index (χ0n) is 12.1. The summed E-state index contributed by atoms with van der Waals surface area (Å²) >= 11 is 1.67. The normalized spacial score (nSPS) is 10.0. The lowest BCUT2D eigenvalue weighted by Crippen LogP contribution is -2.28. The Balaban J connectivity index is 1.86. The van der Waals surface area contributed by atoms with Crippen LogP contribution in [0.5, 0.6) is 5.75 Å². The van der Waals surface area contributed by atoms with E-state index in [0.29, 0.717) is 6.54 Å². The highest BCUT2D eigenvalue weighted by Gasteiger charge is 2.02. The molecule has 0 aliphatic carbocycles. The number of benzene rings is 2. The second-order valence-corrected chi connectivity index (χ2v) is 5.27. The van der Waals surface area contributed by atoms with Gasteiger partial charge in [0, 0.05) is 17.1 Å². The first-order valence-electron chi connectivity index (χ1n) is 6.53. The van der Waals surface area contributed by atoms with E-state index in [9.17, 15) is 4.79 Å². The number of methoxy groups -OCH3 is 1. The SMILES string of the molecule is COc1cccc(CNC(=O)Nc2ccc(SC)cc2)c1. The molecule has 110 valence electrons. The number of hydrogen-bond donors (Lipinski definition) is 2. The minimum atomic E-state index is -0.227. The number of carbonyl (C=O) groups is 1. The molecule has 0 saturated carbocycles. The molecule has 0 aliphatic heterocycles. The predicted octanol–water partition coefficient (Wildman–Crippen LogP) is 3.74. The number of anilines is 1. The van der Waals surface area contributed by atoms with Gasteiger partial charge in [-0.25, -0.2) is 4.79 Å². The lowest BCUT2D eigenvalue weighted by atomic mass is 10.2. The Kier molecular flexibility index (Phi) is 5.51. The average molecular weight is 302 g/mol. The number of thioether (sulfide) groups is 1. The summed E-state index contributed by atoms with van der Waals surface area (Å²) in [5, 5.41) is 5.62. The molecule has 5 heteroatoms. The Labute approximate surface area is 128 Å². The van der Waals surface area contributed by atoms with Crippen LogP contribution < -0.4 is 15.4 Å². The second kappa shape index (κ2) is 7.59. The molecular formula is C16H18N2O2S. The molecule has 0 saturated heterocycles. The molecule has 4 nitrogen and oxygen atoms in total. The van der Waals surface area contributed by atoms with E-state index in [2.05, 4.69) is 10.6 Å². The van der Waals surface area contributed by atoms with E-state index in [1.165, 1.54) is 0 Å². The summed E-state index contributed by atoms with van der Waals surface area (Å²) in [5.74, 6) is 0.780. The Morgan fingerprint density at radius 3 is 2.62 bits per heavy atom. The van der Waals surface area contributed by atoms with Crippen LogP contribution in [-0.2, 0) is 6.54 Å². The van der Waals surface area contributed by atoms with Crippen molar-refractivity contribution in [2.24, 2.45) is 0 Å². The molecule has 2 N–H and O–H groups in total. The first kappa shape index (κ1) is 15.3. The number of ether oxygens (including phenoxy) is 1. The monoisotopic (exact) mass is 302 g/mol. The van der Waals surface area contributed by atoms with Crippen LogP contribution in [-0.4, -0.2) is 19.4 Å². The maximum absolute atomic E-state index is 11.8. The van der Waals surface area contributed by atoms with Gasteiger partial charge in [0.15, 0.2) is 0 Å². The topological polar surface area (TPSA) is 50.4 Å². The van der Waals surface area contributed by atoms with E-state index >= 15 is 0 Å². The van der Waals surface area contributed by atoms with Crippen LogP contribution in [0.15, 0.2) is 53.4 Å². The van der Waals surface area contributed by atoms with Crippen LogP contribution in [0.3, 0.4) is 0 Å². The van der Waals surface area contributed by atoms with Gasteiger partial charge in [-0.15, -0.1) is 11.8 Å². The van der Waals surface area contributed by atoms with Crippen LogP contribution in [0.2, 0.25) is 0 Å². The third-order valence-electron chi connectivity index (χ3n) is 2.94. The van der Waals surface area contributed by atoms with Crippen molar-refractivity contribution in [3.8, 4) is 5.75 Å². The molecule has 0 spiro atoms. The van der Waals surface area contributed by atoms with E-state index in [1.54, 1.807) is 18.9 Å². The largest absolute Gasteiger partial charge is 0.497 e. The lowest BCUT2D eigenvalue weighted by Gasteiger charge is -2.09. The summed E-state index contributed by atoms with van der Waals surface area (Å²) in [7, 11) is 1.62. The van der Waals surface area contributed by atoms with Crippen LogP contribution in [0, 0.1) is 0 Å². The van der Waals surface area contributed by atoms with Gasteiger partial charge in [-0.05, 0) is 48.2 Å². The number of rotatable bonds is 5. The highest BCUT2D eigenvalue weighted by Crippen LogP contribution is 2.17. The Morgan fingerprint density at radius 2 is 1.95 bits per heavy atom. The molecule has 0 aromatic heterocycles. The van der Waals surface area contributed by atoms with E-state index in [4.69, 9.17) is 4.74 Å². The van der Waals surface area contributed by atoms with Gasteiger partial charge in [0.2, 0.25) is 0 Å². The van der Waals surface area contributed by atoms with Crippen molar-refractivity contribution < 1.29 is 9.53 Å². The first-order chi connectivity index (χ1) is 10.2. The fourth-order valence-corrected chi connectivity index (χ4v) is 2.22. The quantitative estimate of drug-likeness (QED) is 0.827. The summed E-state index contributed by atoms with van der Waals surface area (Å²) < 4.78 is 5.15.